The van der Waals surface area contributed by atoms with Gasteiger partial charge in [-0.25, -0.2) is 0 Å². The molecule has 14 nitrogen and oxygen atoms in total. The van der Waals surface area contributed by atoms with E-state index < -0.39 is 86.8 Å². The van der Waals surface area contributed by atoms with Gasteiger partial charge in [0, 0.05) is 6.42 Å². The zero-order valence-corrected chi connectivity index (χ0v) is 52.7. The van der Waals surface area contributed by atoms with E-state index in [1.807, 2.05) is 6.08 Å². The van der Waals surface area contributed by atoms with Gasteiger partial charge in [-0.05, 0) is 70.6 Å². The second kappa shape index (κ2) is 54.1. The van der Waals surface area contributed by atoms with Crippen molar-refractivity contribution in [2.45, 2.75) is 364 Å². The van der Waals surface area contributed by atoms with Crippen molar-refractivity contribution in [3.05, 3.63) is 48.6 Å². The molecule has 83 heavy (non-hydrogen) atoms. The number of hydrogen-bond acceptors (Lipinski definition) is 13. The molecule has 0 spiro atoms. The van der Waals surface area contributed by atoms with Gasteiger partial charge in [0.25, 0.3) is 0 Å². The number of carbonyl (C=O) groups is 1. The van der Waals surface area contributed by atoms with Crippen molar-refractivity contribution in [2.75, 3.05) is 19.8 Å². The quantitative estimate of drug-likeness (QED) is 0.0204. The predicted molar refractivity (Wildman–Crippen MR) is 337 cm³/mol. The molecule has 2 saturated heterocycles. The lowest BCUT2D eigenvalue weighted by Crippen LogP contribution is -2.65. The zero-order chi connectivity index (χ0) is 60.2. The Morgan fingerprint density at radius 2 is 0.771 bits per heavy atom. The second-order valence-electron chi connectivity index (χ2n) is 24.3. The maximum Gasteiger partial charge on any atom is 0.220 e. The highest BCUT2D eigenvalue weighted by Crippen LogP contribution is 2.30. The van der Waals surface area contributed by atoms with Crippen LogP contribution in [-0.4, -0.2) is 140 Å². The minimum atomic E-state index is -1.79. The maximum absolute atomic E-state index is 13.3. The molecule has 0 aromatic rings. The number of unbranched alkanes of at least 4 members (excludes halogenated alkanes) is 37. The second-order valence-corrected chi connectivity index (χ2v) is 24.3. The van der Waals surface area contributed by atoms with Gasteiger partial charge >= 0.3 is 0 Å². The Bertz CT molecular complexity index is 1580. The van der Waals surface area contributed by atoms with Crippen LogP contribution < -0.4 is 5.32 Å². The molecule has 0 aliphatic carbocycles. The summed E-state index contributed by atoms with van der Waals surface area (Å²) in [6.45, 7) is 2.79. The number of hydrogen-bond donors (Lipinski definition) is 9. The fourth-order valence-corrected chi connectivity index (χ4v) is 11.2. The van der Waals surface area contributed by atoms with Crippen molar-refractivity contribution in [1.29, 1.82) is 0 Å². The van der Waals surface area contributed by atoms with E-state index in [1.54, 1.807) is 6.08 Å². The molecular formula is C69H127NO13. The monoisotopic (exact) mass is 1180 g/mol. The molecule has 2 aliphatic heterocycles. The fraction of sp³-hybridized carbons (Fsp3) is 0.870. The molecular weight excluding hydrogens is 1050 g/mol. The lowest BCUT2D eigenvalue weighted by molar-refractivity contribution is -0.359. The normalized spacial score (nSPS) is 24.1. The third-order valence-corrected chi connectivity index (χ3v) is 16.7. The van der Waals surface area contributed by atoms with E-state index in [0.29, 0.717) is 12.8 Å². The lowest BCUT2D eigenvalue weighted by Gasteiger charge is -2.46. The summed E-state index contributed by atoms with van der Waals surface area (Å²) in [5.74, 6) is -0.256. The summed E-state index contributed by atoms with van der Waals surface area (Å²) < 4.78 is 22.8. The molecule has 486 valence electrons. The van der Waals surface area contributed by atoms with Gasteiger partial charge in [0.05, 0.1) is 32.0 Å². The number of nitrogens with one attached hydrogen (secondary N) is 1. The standard InChI is InChI=1S/C69H127NO13/c1-3-5-7-9-11-13-15-17-19-21-22-23-24-25-26-27-28-29-30-31-32-33-34-35-37-38-40-42-44-46-48-50-52-58(73)57(70-61(74)53-51-49-47-45-43-41-39-36-20-18-16-14-12-10-8-6-4-2)56-80-68-66(79)64(77)67(60(55-72)82-68)83-69-65(78)63(76)62(75)59(54-71)81-69/h18,20,35,37,42,44,50,52,57-60,62-69,71-73,75-79H,3-17,19,21-34,36,38-41,43,45-49,51,53-56H2,1-2H3,(H,70,74)/b20-18-,37-35+,44-42+,52-50+. The van der Waals surface area contributed by atoms with Crippen molar-refractivity contribution in [3.8, 4) is 0 Å². The van der Waals surface area contributed by atoms with Crippen LogP contribution in [0.15, 0.2) is 48.6 Å². The summed E-state index contributed by atoms with van der Waals surface area (Å²) in [5, 5.41) is 87.3. The van der Waals surface area contributed by atoms with Crippen LogP contribution in [0.3, 0.4) is 0 Å². The smallest absolute Gasteiger partial charge is 0.220 e. The molecule has 14 heteroatoms. The number of carbonyl (C=O) groups excluding carboxylic acids is 1. The highest BCUT2D eigenvalue weighted by molar-refractivity contribution is 5.76. The zero-order valence-electron chi connectivity index (χ0n) is 52.7. The molecule has 0 aromatic carbocycles. The first-order valence-electron chi connectivity index (χ1n) is 34.4. The molecule has 2 heterocycles. The van der Waals surface area contributed by atoms with Gasteiger partial charge in [0.15, 0.2) is 12.6 Å². The minimum Gasteiger partial charge on any atom is -0.394 e. The summed E-state index contributed by atoms with van der Waals surface area (Å²) in [6.07, 6.45) is 53.2. The number of aliphatic hydroxyl groups excluding tert-OH is 8. The highest BCUT2D eigenvalue weighted by Gasteiger charge is 2.51. The average molecular weight is 1180 g/mol. The Morgan fingerprint density at radius 3 is 1.18 bits per heavy atom. The van der Waals surface area contributed by atoms with Crippen LogP contribution in [0.4, 0.5) is 0 Å². The number of allylic oxidation sites excluding steroid dienone is 7. The highest BCUT2D eigenvalue weighted by atomic mass is 16.7. The van der Waals surface area contributed by atoms with Crippen LogP contribution in [0.25, 0.3) is 0 Å². The largest absolute Gasteiger partial charge is 0.394 e. The molecule has 0 saturated carbocycles. The van der Waals surface area contributed by atoms with E-state index in [-0.39, 0.29) is 18.9 Å². The third-order valence-electron chi connectivity index (χ3n) is 16.7. The summed E-state index contributed by atoms with van der Waals surface area (Å²) in [7, 11) is 0. The van der Waals surface area contributed by atoms with Gasteiger partial charge in [0.1, 0.15) is 48.8 Å². The molecule has 0 radical (unpaired) electrons. The van der Waals surface area contributed by atoms with Crippen LogP contribution in [0.5, 0.6) is 0 Å². The molecule has 1 amide bonds. The van der Waals surface area contributed by atoms with Crippen LogP contribution >= 0.6 is 0 Å². The van der Waals surface area contributed by atoms with Crippen LogP contribution in [-0.2, 0) is 23.7 Å². The van der Waals surface area contributed by atoms with E-state index in [0.717, 1.165) is 51.4 Å². The van der Waals surface area contributed by atoms with Crippen LogP contribution in [0.1, 0.15) is 290 Å². The summed E-state index contributed by atoms with van der Waals surface area (Å²) in [4.78, 5) is 13.3. The average Bonchev–Trinajstić information content (AvgIpc) is 3.65. The fourth-order valence-electron chi connectivity index (χ4n) is 11.2. The van der Waals surface area contributed by atoms with E-state index >= 15 is 0 Å². The van der Waals surface area contributed by atoms with Crippen molar-refractivity contribution in [1.82, 2.24) is 5.32 Å². The number of amides is 1. The topological polar surface area (TPSA) is 228 Å². The van der Waals surface area contributed by atoms with Crippen LogP contribution in [0.2, 0.25) is 0 Å². The van der Waals surface area contributed by atoms with Gasteiger partial charge in [-0.2, -0.15) is 0 Å². The summed E-state index contributed by atoms with van der Waals surface area (Å²) >= 11 is 0. The first kappa shape index (κ1) is 77.0. The Kier molecular flexibility index (Phi) is 50.2. The Hall–Kier alpha value is -2.05. The summed E-state index contributed by atoms with van der Waals surface area (Å²) in [5.41, 5.74) is 0. The van der Waals surface area contributed by atoms with E-state index in [2.05, 4.69) is 55.6 Å². The SMILES string of the molecule is CCCCCCCC/C=C\CCCCCCCCCC(=O)NC(COC1OC(CO)C(OC2OC(CO)C(O)C(O)C2O)C(O)C1O)C(O)/C=C/CC/C=C/CC/C=C/CCCCCCCCCCCCCCCCCCCCCCCC. The molecule has 12 unspecified atom stereocenters. The van der Waals surface area contributed by atoms with Crippen LogP contribution in [0, 0.1) is 0 Å². The van der Waals surface area contributed by atoms with Gasteiger partial charge in [-0.15, -0.1) is 0 Å². The molecule has 9 N–H and O–H groups in total. The molecule has 2 fully saturated rings. The molecule has 2 aliphatic rings. The van der Waals surface area contributed by atoms with Crippen molar-refractivity contribution in [2.24, 2.45) is 0 Å². The third kappa shape index (κ3) is 38.8. The Labute approximate surface area is 505 Å². The molecule has 0 aromatic heterocycles. The van der Waals surface area contributed by atoms with Gasteiger partial charge in [-0.1, -0.05) is 262 Å². The van der Waals surface area contributed by atoms with Gasteiger partial charge in [-0.3, -0.25) is 4.79 Å². The minimum absolute atomic E-state index is 0.256. The van der Waals surface area contributed by atoms with Crippen molar-refractivity contribution < 1.29 is 64.6 Å². The number of rotatable bonds is 56. The van der Waals surface area contributed by atoms with Crippen molar-refractivity contribution in [3.63, 3.8) is 0 Å². The molecule has 12 atom stereocenters. The van der Waals surface area contributed by atoms with Gasteiger partial charge in [0.2, 0.25) is 5.91 Å². The van der Waals surface area contributed by atoms with Gasteiger partial charge < -0.3 is 65.1 Å². The van der Waals surface area contributed by atoms with Crippen molar-refractivity contribution >= 4 is 5.91 Å². The Balaban J connectivity index is 1.69. The van der Waals surface area contributed by atoms with E-state index in [4.69, 9.17) is 18.9 Å². The lowest BCUT2D eigenvalue weighted by atomic mass is 9.97. The molecule has 2 rings (SSSR count). The Morgan fingerprint density at radius 1 is 0.422 bits per heavy atom. The first-order chi connectivity index (χ1) is 40.6. The van der Waals surface area contributed by atoms with E-state index in [9.17, 15) is 45.6 Å². The number of ether oxygens (including phenoxy) is 4. The first-order valence-corrected chi connectivity index (χ1v) is 34.4. The molecule has 0 bridgehead atoms. The number of aliphatic hydroxyl groups is 8. The predicted octanol–water partition coefficient (Wildman–Crippen LogP) is 13.5. The summed E-state index contributed by atoms with van der Waals surface area (Å²) in [6, 6.07) is -0.942. The maximum atomic E-state index is 13.3. The van der Waals surface area contributed by atoms with E-state index in [1.165, 1.54) is 205 Å².